The molecule has 0 unspecified atom stereocenters. The van der Waals surface area contributed by atoms with Gasteiger partial charge in [0, 0.05) is 6.04 Å². The molecule has 0 saturated carbocycles. The van der Waals surface area contributed by atoms with E-state index in [9.17, 15) is 0 Å². The summed E-state index contributed by atoms with van der Waals surface area (Å²) in [4.78, 5) is 0. The van der Waals surface area contributed by atoms with Crippen molar-refractivity contribution >= 4 is 12.8 Å². The van der Waals surface area contributed by atoms with Crippen LogP contribution < -0.4 is 5.73 Å². The molecule has 0 aromatic heterocycles. The van der Waals surface area contributed by atoms with E-state index in [0.717, 1.165) is 0 Å². The monoisotopic (exact) mass is 132 g/mol. The van der Waals surface area contributed by atoms with Crippen LogP contribution in [0.5, 0.6) is 0 Å². The number of nitrogens with two attached hydrogens (primary N) is 1. The smallest absolute Gasteiger partial charge is 0.101 e. The van der Waals surface area contributed by atoms with E-state index in [4.69, 9.17) is 5.73 Å². The average Bonchev–Trinajstić information content (AvgIpc) is 1.64. The first-order valence-electron chi connectivity index (χ1n) is 2.48. The highest BCUT2D eigenvalue weighted by atomic mass is 32.1. The maximum absolute atomic E-state index is 5.29. The Labute approximate surface area is 55.9 Å². The van der Waals surface area contributed by atoms with Crippen molar-refractivity contribution in [2.75, 3.05) is 0 Å². The molecule has 0 radical (unpaired) electrons. The van der Waals surface area contributed by atoms with E-state index in [1.54, 1.807) is 4.31 Å². The third kappa shape index (κ3) is 2.12. The lowest BCUT2D eigenvalue weighted by atomic mass is 10.4. The molecule has 3 heteroatoms. The third-order valence-corrected chi connectivity index (χ3v) is 1.50. The second-order valence-electron chi connectivity index (χ2n) is 1.93. The zero-order valence-corrected chi connectivity index (χ0v) is 6.15. The highest BCUT2D eigenvalue weighted by molar-refractivity contribution is 7.77. The minimum absolute atomic E-state index is 0.316. The molecule has 0 aliphatic heterocycles. The predicted octanol–water partition coefficient (Wildman–Crippen LogP) is 0.972. The van der Waals surface area contributed by atoms with E-state index in [2.05, 4.69) is 19.4 Å². The van der Waals surface area contributed by atoms with Crippen molar-refractivity contribution < 1.29 is 0 Å². The molecule has 0 amide bonds. The summed E-state index contributed by atoms with van der Waals surface area (Å²) in [6, 6.07) is 0.316. The molecule has 0 fully saturated rings. The normalized spacial score (nSPS) is 9.50. The Balaban J connectivity index is 3.64. The van der Waals surface area contributed by atoms with Crippen LogP contribution >= 0.6 is 12.8 Å². The Kier molecular flexibility index (Phi) is 2.76. The lowest BCUT2D eigenvalue weighted by Crippen LogP contribution is -2.24. The summed E-state index contributed by atoms with van der Waals surface area (Å²) in [5.74, 6) is 0.489. The Morgan fingerprint density at radius 2 is 2.12 bits per heavy atom. The van der Waals surface area contributed by atoms with Gasteiger partial charge in [-0.1, -0.05) is 19.4 Å². The molecule has 0 heterocycles. The summed E-state index contributed by atoms with van der Waals surface area (Å²) in [6.07, 6.45) is 0. The van der Waals surface area contributed by atoms with Gasteiger partial charge in [-0.3, -0.25) is 0 Å². The van der Waals surface area contributed by atoms with E-state index in [0.29, 0.717) is 11.9 Å². The van der Waals surface area contributed by atoms with Gasteiger partial charge in [-0.2, -0.15) is 0 Å². The fourth-order valence-corrected chi connectivity index (χ4v) is 0.332. The van der Waals surface area contributed by atoms with E-state index < -0.39 is 0 Å². The molecule has 0 atom stereocenters. The van der Waals surface area contributed by atoms with Crippen LogP contribution in [0, 0.1) is 0 Å². The van der Waals surface area contributed by atoms with Gasteiger partial charge in [-0.25, -0.2) is 0 Å². The SMILES string of the molecule is C=C(N)N(S)C(C)C. The van der Waals surface area contributed by atoms with Crippen molar-refractivity contribution in [3.63, 3.8) is 0 Å². The zero-order chi connectivity index (χ0) is 6.73. The lowest BCUT2D eigenvalue weighted by Gasteiger charge is -2.20. The zero-order valence-electron chi connectivity index (χ0n) is 5.26. The van der Waals surface area contributed by atoms with Crippen molar-refractivity contribution in [3.05, 3.63) is 12.4 Å². The average molecular weight is 132 g/mol. The fourth-order valence-electron chi connectivity index (χ4n) is 0.332. The van der Waals surface area contributed by atoms with Gasteiger partial charge in [0.05, 0.1) is 0 Å². The quantitative estimate of drug-likeness (QED) is 0.548. The second kappa shape index (κ2) is 2.87. The van der Waals surface area contributed by atoms with Gasteiger partial charge < -0.3 is 10.0 Å². The molecule has 0 rings (SSSR count). The van der Waals surface area contributed by atoms with Crippen LogP contribution in [0.2, 0.25) is 0 Å². The Morgan fingerprint density at radius 3 is 2.12 bits per heavy atom. The van der Waals surface area contributed by atoms with Crippen molar-refractivity contribution in [2.45, 2.75) is 19.9 Å². The molecule has 2 nitrogen and oxygen atoms in total. The molecule has 8 heavy (non-hydrogen) atoms. The van der Waals surface area contributed by atoms with Crippen LogP contribution in [0.1, 0.15) is 13.8 Å². The van der Waals surface area contributed by atoms with Crippen LogP contribution in [0.15, 0.2) is 12.4 Å². The standard InChI is InChI=1S/C5H12N2S/c1-4(2)7(8)5(3)6/h4,8H,3,6H2,1-2H3. The van der Waals surface area contributed by atoms with Gasteiger partial charge in [0.25, 0.3) is 0 Å². The van der Waals surface area contributed by atoms with Gasteiger partial charge in [0.1, 0.15) is 5.82 Å². The maximum atomic E-state index is 5.29. The van der Waals surface area contributed by atoms with Gasteiger partial charge in [0.15, 0.2) is 0 Å². The Bertz CT molecular complexity index is 90.4. The van der Waals surface area contributed by atoms with Crippen molar-refractivity contribution in [1.82, 2.24) is 4.31 Å². The molecule has 48 valence electrons. The number of hydrogen-bond donors (Lipinski definition) is 2. The topological polar surface area (TPSA) is 29.3 Å². The van der Waals surface area contributed by atoms with E-state index >= 15 is 0 Å². The van der Waals surface area contributed by atoms with Gasteiger partial charge >= 0.3 is 0 Å². The summed E-state index contributed by atoms with van der Waals surface area (Å²) in [6.45, 7) is 7.49. The minimum Gasteiger partial charge on any atom is -0.385 e. The molecule has 0 aromatic carbocycles. The van der Waals surface area contributed by atoms with Crippen molar-refractivity contribution in [3.8, 4) is 0 Å². The maximum Gasteiger partial charge on any atom is 0.101 e. The first-order valence-corrected chi connectivity index (χ1v) is 2.88. The number of thiol groups is 1. The molecule has 0 aromatic rings. The summed E-state index contributed by atoms with van der Waals surface area (Å²) in [7, 11) is 0. The number of rotatable bonds is 2. The molecular formula is C5H12N2S. The van der Waals surface area contributed by atoms with E-state index in [-0.39, 0.29) is 0 Å². The highest BCUT2D eigenvalue weighted by Crippen LogP contribution is 2.04. The van der Waals surface area contributed by atoms with E-state index in [1.165, 1.54) is 0 Å². The predicted molar refractivity (Wildman–Crippen MR) is 39.3 cm³/mol. The van der Waals surface area contributed by atoms with Crippen LogP contribution in [-0.4, -0.2) is 10.3 Å². The van der Waals surface area contributed by atoms with Crippen LogP contribution in [0.3, 0.4) is 0 Å². The molecule has 2 N–H and O–H groups in total. The van der Waals surface area contributed by atoms with Crippen LogP contribution in [0.25, 0.3) is 0 Å². The highest BCUT2D eigenvalue weighted by Gasteiger charge is 2.00. The van der Waals surface area contributed by atoms with Crippen LogP contribution in [0.4, 0.5) is 0 Å². The van der Waals surface area contributed by atoms with Crippen molar-refractivity contribution in [1.29, 1.82) is 0 Å². The summed E-state index contributed by atoms with van der Waals surface area (Å²) in [5.41, 5.74) is 5.29. The molecule has 0 aliphatic rings. The third-order valence-electron chi connectivity index (χ3n) is 0.783. The minimum atomic E-state index is 0.316. The van der Waals surface area contributed by atoms with Gasteiger partial charge in [0.2, 0.25) is 0 Å². The first-order chi connectivity index (χ1) is 3.55. The number of hydrogen-bond acceptors (Lipinski definition) is 3. The molecular weight excluding hydrogens is 120 g/mol. The molecule has 0 bridgehead atoms. The first kappa shape index (κ1) is 7.69. The molecule has 0 saturated heterocycles. The molecule has 0 aliphatic carbocycles. The Hall–Kier alpha value is -0.310. The summed E-state index contributed by atoms with van der Waals surface area (Å²) in [5, 5.41) is 0. The lowest BCUT2D eigenvalue weighted by molar-refractivity contribution is 0.478. The van der Waals surface area contributed by atoms with E-state index in [1.807, 2.05) is 13.8 Å². The fraction of sp³-hybridized carbons (Fsp3) is 0.600. The Morgan fingerprint density at radius 1 is 1.75 bits per heavy atom. The summed E-state index contributed by atoms with van der Waals surface area (Å²) < 4.78 is 1.61. The van der Waals surface area contributed by atoms with Gasteiger partial charge in [-0.15, -0.1) is 0 Å². The summed E-state index contributed by atoms with van der Waals surface area (Å²) >= 11 is 4.03. The molecule has 0 spiro atoms. The number of nitrogens with zero attached hydrogens (tertiary/aromatic N) is 1. The second-order valence-corrected chi connectivity index (χ2v) is 2.36. The van der Waals surface area contributed by atoms with Crippen LogP contribution in [-0.2, 0) is 0 Å². The largest absolute Gasteiger partial charge is 0.385 e. The van der Waals surface area contributed by atoms with Crippen molar-refractivity contribution in [2.24, 2.45) is 5.73 Å². The van der Waals surface area contributed by atoms with Gasteiger partial charge in [-0.05, 0) is 13.8 Å².